The van der Waals surface area contributed by atoms with Crippen molar-refractivity contribution in [3.63, 3.8) is 0 Å². The summed E-state index contributed by atoms with van der Waals surface area (Å²) in [6.07, 6.45) is 0.121. The molecule has 0 N–H and O–H groups in total. The van der Waals surface area contributed by atoms with Gasteiger partial charge in [0.25, 0.3) is 0 Å². The van der Waals surface area contributed by atoms with Crippen molar-refractivity contribution in [2.24, 2.45) is 0 Å². The van der Waals surface area contributed by atoms with Gasteiger partial charge in [-0.2, -0.15) is 0 Å². The highest BCUT2D eigenvalue weighted by atomic mass is 32.1. The van der Waals surface area contributed by atoms with Gasteiger partial charge in [0.05, 0.1) is 30.3 Å². The van der Waals surface area contributed by atoms with Gasteiger partial charge in [-0.15, -0.1) is 11.3 Å². The summed E-state index contributed by atoms with van der Waals surface area (Å²) in [6, 6.07) is 6.24. The van der Waals surface area contributed by atoms with Gasteiger partial charge in [0.1, 0.15) is 11.9 Å². The lowest BCUT2D eigenvalue weighted by Gasteiger charge is -2.33. The van der Waals surface area contributed by atoms with Crippen molar-refractivity contribution in [1.29, 1.82) is 0 Å². The van der Waals surface area contributed by atoms with Gasteiger partial charge >= 0.3 is 0 Å². The predicted molar refractivity (Wildman–Crippen MR) is 82.2 cm³/mol. The van der Waals surface area contributed by atoms with Gasteiger partial charge in [0.2, 0.25) is 5.91 Å². The predicted octanol–water partition coefficient (Wildman–Crippen LogP) is 2.73. The molecule has 22 heavy (non-hydrogen) atoms. The lowest BCUT2D eigenvalue weighted by molar-refractivity contribution is -0.138. The van der Waals surface area contributed by atoms with Crippen molar-refractivity contribution in [3.8, 4) is 0 Å². The summed E-state index contributed by atoms with van der Waals surface area (Å²) in [6.45, 7) is 3.50. The fourth-order valence-corrected chi connectivity index (χ4v) is 3.12. The van der Waals surface area contributed by atoms with Crippen molar-refractivity contribution in [3.05, 3.63) is 51.7 Å². The van der Waals surface area contributed by atoms with Gasteiger partial charge in [-0.25, -0.2) is 9.37 Å². The quantitative estimate of drug-likeness (QED) is 0.873. The van der Waals surface area contributed by atoms with E-state index in [9.17, 15) is 9.18 Å². The summed E-state index contributed by atoms with van der Waals surface area (Å²) < 4.78 is 18.7. The first-order valence-electron chi connectivity index (χ1n) is 7.17. The Balaban J connectivity index is 1.64. The molecule has 0 aliphatic carbocycles. The highest BCUT2D eigenvalue weighted by molar-refractivity contribution is 7.09. The number of thiazole rings is 1. The Hall–Kier alpha value is -1.79. The number of amides is 1. The number of aromatic nitrogens is 1. The molecule has 1 fully saturated rings. The number of hydrogen-bond acceptors (Lipinski definition) is 4. The second-order valence-corrected chi connectivity index (χ2v) is 6.35. The SMILES string of the molecule is Cc1nc(CC(=O)N2CCO[C@H](c3ccc(F)cc3)C2)cs1. The molecule has 1 amide bonds. The summed E-state index contributed by atoms with van der Waals surface area (Å²) in [5.41, 5.74) is 1.71. The highest BCUT2D eigenvalue weighted by Gasteiger charge is 2.25. The van der Waals surface area contributed by atoms with E-state index in [1.165, 1.54) is 12.1 Å². The van der Waals surface area contributed by atoms with Crippen molar-refractivity contribution in [2.45, 2.75) is 19.4 Å². The maximum Gasteiger partial charge on any atom is 0.228 e. The van der Waals surface area contributed by atoms with Crippen molar-refractivity contribution >= 4 is 17.2 Å². The average molecular weight is 320 g/mol. The second-order valence-electron chi connectivity index (χ2n) is 5.29. The summed E-state index contributed by atoms with van der Waals surface area (Å²) >= 11 is 1.55. The third-order valence-electron chi connectivity index (χ3n) is 3.66. The first-order chi connectivity index (χ1) is 10.6. The molecule has 1 aromatic carbocycles. The third kappa shape index (κ3) is 3.51. The van der Waals surface area contributed by atoms with Crippen LogP contribution >= 0.6 is 11.3 Å². The molecule has 1 atom stereocenters. The first-order valence-corrected chi connectivity index (χ1v) is 8.05. The lowest BCUT2D eigenvalue weighted by atomic mass is 10.1. The van der Waals surface area contributed by atoms with Crippen LogP contribution in [0.2, 0.25) is 0 Å². The smallest absolute Gasteiger partial charge is 0.228 e. The summed E-state index contributed by atoms with van der Waals surface area (Å²) in [5.74, 6) is -0.216. The molecule has 116 valence electrons. The van der Waals surface area contributed by atoms with Crippen LogP contribution in [-0.2, 0) is 16.0 Å². The monoisotopic (exact) mass is 320 g/mol. The molecule has 1 aromatic heterocycles. The molecule has 0 radical (unpaired) electrons. The molecule has 0 unspecified atom stereocenters. The van der Waals surface area contributed by atoms with E-state index in [2.05, 4.69) is 4.98 Å². The van der Waals surface area contributed by atoms with Gasteiger partial charge in [-0.1, -0.05) is 12.1 Å². The van der Waals surface area contributed by atoms with Crippen LogP contribution in [0, 0.1) is 12.7 Å². The van der Waals surface area contributed by atoms with Crippen LogP contribution in [0.1, 0.15) is 22.4 Å². The zero-order valence-corrected chi connectivity index (χ0v) is 13.1. The van der Waals surface area contributed by atoms with Gasteiger partial charge in [0, 0.05) is 11.9 Å². The number of rotatable bonds is 3. The Morgan fingerprint density at radius 3 is 2.91 bits per heavy atom. The van der Waals surface area contributed by atoms with Crippen molar-refractivity contribution in [2.75, 3.05) is 19.7 Å². The minimum atomic E-state index is -0.272. The van der Waals surface area contributed by atoms with Crippen LogP contribution in [0.4, 0.5) is 4.39 Å². The van der Waals surface area contributed by atoms with E-state index in [4.69, 9.17) is 4.74 Å². The van der Waals surface area contributed by atoms with E-state index in [1.807, 2.05) is 12.3 Å². The van der Waals surface area contributed by atoms with Crippen molar-refractivity contribution in [1.82, 2.24) is 9.88 Å². The molecule has 2 aromatic rings. The fourth-order valence-electron chi connectivity index (χ4n) is 2.51. The van der Waals surface area contributed by atoms with Gasteiger partial charge in [0.15, 0.2) is 0 Å². The maximum absolute atomic E-state index is 13.0. The molecular weight excluding hydrogens is 303 g/mol. The van der Waals surface area contributed by atoms with Gasteiger partial charge in [-0.3, -0.25) is 4.79 Å². The molecule has 2 heterocycles. The van der Waals surface area contributed by atoms with E-state index in [-0.39, 0.29) is 17.8 Å². The molecule has 4 nitrogen and oxygen atoms in total. The van der Waals surface area contributed by atoms with Crippen LogP contribution < -0.4 is 0 Å². The second kappa shape index (κ2) is 6.54. The number of carbonyl (C=O) groups is 1. The molecule has 0 spiro atoms. The number of hydrogen-bond donors (Lipinski definition) is 0. The van der Waals surface area contributed by atoms with Crippen LogP contribution in [-0.4, -0.2) is 35.5 Å². The standard InChI is InChI=1S/C16H17FN2O2S/c1-11-18-14(10-22-11)8-16(20)19-6-7-21-15(9-19)12-2-4-13(17)5-3-12/h2-5,10,15H,6-9H2,1H3/t15-/m0/s1. The number of nitrogens with zero attached hydrogens (tertiary/aromatic N) is 2. The average Bonchev–Trinajstić information content (AvgIpc) is 2.93. The third-order valence-corrected chi connectivity index (χ3v) is 4.48. The Labute approximate surface area is 132 Å². The lowest BCUT2D eigenvalue weighted by Crippen LogP contribution is -2.43. The molecule has 1 saturated heterocycles. The molecule has 6 heteroatoms. The molecular formula is C16H17FN2O2S. The zero-order chi connectivity index (χ0) is 15.5. The Morgan fingerprint density at radius 2 is 2.23 bits per heavy atom. The van der Waals surface area contributed by atoms with E-state index in [0.29, 0.717) is 26.1 Å². The van der Waals surface area contributed by atoms with Crippen LogP contribution in [0.25, 0.3) is 0 Å². The molecule has 1 aliphatic rings. The molecule has 0 bridgehead atoms. The largest absolute Gasteiger partial charge is 0.370 e. The zero-order valence-electron chi connectivity index (χ0n) is 12.3. The van der Waals surface area contributed by atoms with Gasteiger partial charge in [-0.05, 0) is 24.6 Å². The minimum absolute atomic E-state index is 0.0562. The molecule has 0 saturated carbocycles. The van der Waals surface area contributed by atoms with Gasteiger partial charge < -0.3 is 9.64 Å². The van der Waals surface area contributed by atoms with Crippen molar-refractivity contribution < 1.29 is 13.9 Å². The summed E-state index contributed by atoms with van der Waals surface area (Å²) in [4.78, 5) is 18.5. The van der Waals surface area contributed by atoms with Crippen LogP contribution in [0.3, 0.4) is 0 Å². The number of ether oxygens (including phenoxy) is 1. The van der Waals surface area contributed by atoms with E-state index in [0.717, 1.165) is 16.3 Å². The number of halogens is 1. The van der Waals surface area contributed by atoms with Crippen LogP contribution in [0.15, 0.2) is 29.6 Å². The Bertz CT molecular complexity index is 656. The molecule has 1 aliphatic heterocycles. The maximum atomic E-state index is 13.0. The fraction of sp³-hybridized carbons (Fsp3) is 0.375. The Kier molecular flexibility index (Phi) is 4.49. The molecule has 3 rings (SSSR count). The minimum Gasteiger partial charge on any atom is -0.370 e. The first kappa shape index (κ1) is 15.1. The number of carbonyl (C=O) groups excluding carboxylic acids is 1. The topological polar surface area (TPSA) is 42.4 Å². The van der Waals surface area contributed by atoms with E-state index < -0.39 is 0 Å². The van der Waals surface area contributed by atoms with E-state index >= 15 is 0 Å². The summed E-state index contributed by atoms with van der Waals surface area (Å²) in [7, 11) is 0. The number of aryl methyl sites for hydroxylation is 1. The number of benzene rings is 1. The van der Waals surface area contributed by atoms with E-state index in [1.54, 1.807) is 28.4 Å². The normalized spacial score (nSPS) is 18.5. The van der Waals surface area contributed by atoms with Crippen LogP contribution in [0.5, 0.6) is 0 Å². The highest BCUT2D eigenvalue weighted by Crippen LogP contribution is 2.23. The Morgan fingerprint density at radius 1 is 1.45 bits per heavy atom. The summed E-state index contributed by atoms with van der Waals surface area (Å²) in [5, 5.41) is 2.89. The number of morpholine rings is 1.